The third kappa shape index (κ3) is 5.01. The lowest BCUT2D eigenvalue weighted by Crippen LogP contribution is -2.41. The van der Waals surface area contributed by atoms with E-state index in [2.05, 4.69) is 0 Å². The minimum absolute atomic E-state index is 0.277. The van der Waals surface area contributed by atoms with Gasteiger partial charge in [0.25, 0.3) is 22.7 Å². The lowest BCUT2D eigenvalue weighted by atomic mass is 9.78. The minimum Gasteiger partial charge on any atom is -0.366 e. The molecule has 0 spiro atoms. The van der Waals surface area contributed by atoms with Gasteiger partial charge in [-0.25, -0.2) is 0 Å². The maximum absolute atomic E-state index is 11.5. The Labute approximate surface area is 204 Å². The molecular formula is C22H24N6O8. The minimum atomic E-state index is -0.652. The van der Waals surface area contributed by atoms with Crippen LogP contribution in [-0.4, -0.2) is 45.9 Å². The molecule has 0 radical (unpaired) electrons. The molecule has 190 valence electrons. The first-order valence-electron chi connectivity index (χ1n) is 11.5. The summed E-state index contributed by atoms with van der Waals surface area (Å²) in [5.41, 5.74) is -0.435. The second kappa shape index (κ2) is 10.1. The quantitative estimate of drug-likeness (QED) is 0.389. The van der Waals surface area contributed by atoms with Crippen molar-refractivity contribution in [3.05, 3.63) is 76.9 Å². The van der Waals surface area contributed by atoms with Crippen molar-refractivity contribution in [3.63, 3.8) is 0 Å². The van der Waals surface area contributed by atoms with E-state index in [0.717, 1.165) is 37.8 Å². The SMILES string of the molecule is O=[N+]([O-])c1ccc(N2CCC(C3CCN(c4ccc([N+](=O)[O-])cc4[N+](=O)[O-])CC3)CC2)c([N+](=O)[O-])c1. The molecule has 0 amide bonds. The van der Waals surface area contributed by atoms with E-state index in [4.69, 9.17) is 0 Å². The maximum Gasteiger partial charge on any atom is 0.299 e. The topological polar surface area (TPSA) is 179 Å². The second-order valence-corrected chi connectivity index (χ2v) is 9.02. The highest BCUT2D eigenvalue weighted by atomic mass is 16.6. The summed E-state index contributed by atoms with van der Waals surface area (Å²) in [6, 6.07) is 7.42. The molecular weight excluding hydrogens is 476 g/mol. The van der Waals surface area contributed by atoms with E-state index in [0.29, 0.717) is 49.4 Å². The lowest BCUT2D eigenvalue weighted by molar-refractivity contribution is -0.394. The molecule has 14 nitrogen and oxygen atoms in total. The summed E-state index contributed by atoms with van der Waals surface area (Å²) in [7, 11) is 0. The van der Waals surface area contributed by atoms with E-state index in [1.54, 1.807) is 0 Å². The fraction of sp³-hybridized carbons (Fsp3) is 0.455. The number of hydrogen-bond acceptors (Lipinski definition) is 10. The second-order valence-electron chi connectivity index (χ2n) is 9.02. The van der Waals surface area contributed by atoms with E-state index >= 15 is 0 Å². The standard InChI is InChI=1S/C22H24N6O8/c29-25(30)17-1-3-19(21(13-17)27(33)34)23-9-5-15(6-10-23)16-7-11-24(12-8-16)20-4-2-18(26(31)32)14-22(20)28(35)36/h1-4,13-16H,5-12H2. The molecule has 2 heterocycles. The van der Waals surface area contributed by atoms with Crippen LogP contribution < -0.4 is 9.80 Å². The summed E-state index contributed by atoms with van der Waals surface area (Å²) in [6.45, 7) is 2.38. The Bertz CT molecular complexity index is 1110. The van der Waals surface area contributed by atoms with Crippen molar-refractivity contribution in [1.29, 1.82) is 0 Å². The summed E-state index contributed by atoms with van der Waals surface area (Å²) < 4.78 is 0. The molecule has 2 aliphatic rings. The fourth-order valence-electron chi connectivity index (χ4n) is 5.30. The summed E-state index contributed by atoms with van der Waals surface area (Å²) in [6.07, 6.45) is 3.26. The monoisotopic (exact) mass is 500 g/mol. The van der Waals surface area contributed by atoms with Crippen molar-refractivity contribution in [2.75, 3.05) is 36.0 Å². The molecule has 0 aromatic heterocycles. The number of nitrogens with zero attached hydrogens (tertiary/aromatic N) is 6. The number of anilines is 2. The molecule has 2 aromatic carbocycles. The molecule has 2 saturated heterocycles. The Morgan fingerprint density at radius 1 is 0.556 bits per heavy atom. The number of hydrogen-bond donors (Lipinski definition) is 0. The average Bonchev–Trinajstić information content (AvgIpc) is 2.88. The normalized spacial score (nSPS) is 17.1. The summed E-state index contributed by atoms with van der Waals surface area (Å²) in [5, 5.41) is 45.0. The molecule has 2 aliphatic heterocycles. The predicted molar refractivity (Wildman–Crippen MR) is 129 cm³/mol. The van der Waals surface area contributed by atoms with Gasteiger partial charge < -0.3 is 9.80 Å². The van der Waals surface area contributed by atoms with E-state index in [-0.39, 0.29) is 22.7 Å². The Hall–Kier alpha value is -4.36. The number of nitro benzene ring substituents is 4. The molecule has 0 atom stereocenters. The lowest BCUT2D eigenvalue weighted by Gasteiger charge is -2.41. The van der Waals surface area contributed by atoms with Crippen molar-refractivity contribution < 1.29 is 19.7 Å². The van der Waals surface area contributed by atoms with Crippen LogP contribution in [0.5, 0.6) is 0 Å². The largest absolute Gasteiger partial charge is 0.366 e. The van der Waals surface area contributed by atoms with Crippen LogP contribution in [0.2, 0.25) is 0 Å². The molecule has 4 rings (SSSR count). The van der Waals surface area contributed by atoms with Crippen LogP contribution in [-0.2, 0) is 0 Å². The fourth-order valence-corrected chi connectivity index (χ4v) is 5.30. The molecule has 0 saturated carbocycles. The van der Waals surface area contributed by atoms with Gasteiger partial charge in [-0.05, 0) is 49.7 Å². The van der Waals surface area contributed by atoms with Crippen molar-refractivity contribution in [2.24, 2.45) is 11.8 Å². The highest BCUT2D eigenvalue weighted by Gasteiger charge is 2.33. The van der Waals surface area contributed by atoms with E-state index in [9.17, 15) is 40.5 Å². The number of nitro groups is 4. The maximum atomic E-state index is 11.5. The van der Waals surface area contributed by atoms with Gasteiger partial charge in [0.1, 0.15) is 11.4 Å². The van der Waals surface area contributed by atoms with Crippen LogP contribution in [0.4, 0.5) is 34.1 Å². The Morgan fingerprint density at radius 2 is 0.889 bits per heavy atom. The summed E-state index contributed by atoms with van der Waals surface area (Å²) in [4.78, 5) is 46.3. The Morgan fingerprint density at radius 3 is 1.17 bits per heavy atom. The van der Waals surface area contributed by atoms with Crippen LogP contribution in [0.25, 0.3) is 0 Å². The molecule has 2 aromatic rings. The van der Waals surface area contributed by atoms with Gasteiger partial charge in [0.2, 0.25) is 0 Å². The summed E-state index contributed by atoms with van der Waals surface area (Å²) >= 11 is 0. The number of benzene rings is 2. The molecule has 14 heteroatoms. The average molecular weight is 500 g/mol. The molecule has 0 aliphatic carbocycles. The van der Waals surface area contributed by atoms with E-state index < -0.39 is 19.7 Å². The van der Waals surface area contributed by atoms with Gasteiger partial charge in [-0.15, -0.1) is 0 Å². The molecule has 2 fully saturated rings. The first kappa shape index (κ1) is 24.8. The van der Waals surface area contributed by atoms with Crippen LogP contribution >= 0.6 is 0 Å². The zero-order chi connectivity index (χ0) is 26.0. The smallest absolute Gasteiger partial charge is 0.299 e. The van der Waals surface area contributed by atoms with Gasteiger partial charge in [0.15, 0.2) is 0 Å². The van der Waals surface area contributed by atoms with Gasteiger partial charge in [-0.3, -0.25) is 40.5 Å². The van der Waals surface area contributed by atoms with Gasteiger partial charge in [0, 0.05) is 38.3 Å². The molecule has 0 unspecified atom stereocenters. The highest BCUT2D eigenvalue weighted by molar-refractivity contribution is 5.68. The van der Waals surface area contributed by atoms with Crippen molar-refractivity contribution in [2.45, 2.75) is 25.7 Å². The van der Waals surface area contributed by atoms with Crippen LogP contribution in [0.1, 0.15) is 25.7 Å². The first-order chi connectivity index (χ1) is 17.2. The van der Waals surface area contributed by atoms with Crippen LogP contribution in [0.3, 0.4) is 0 Å². The third-order valence-electron chi connectivity index (χ3n) is 7.16. The predicted octanol–water partition coefficient (Wildman–Crippen LogP) is 4.45. The zero-order valence-electron chi connectivity index (χ0n) is 19.2. The van der Waals surface area contributed by atoms with Crippen LogP contribution in [0.15, 0.2) is 36.4 Å². The number of piperidine rings is 2. The van der Waals surface area contributed by atoms with E-state index in [1.807, 2.05) is 9.80 Å². The van der Waals surface area contributed by atoms with Gasteiger partial charge in [0.05, 0.1) is 31.8 Å². The molecule has 0 bridgehead atoms. The van der Waals surface area contributed by atoms with Crippen molar-refractivity contribution >= 4 is 34.1 Å². The van der Waals surface area contributed by atoms with Gasteiger partial charge in [-0.2, -0.15) is 0 Å². The Balaban J connectivity index is 1.38. The van der Waals surface area contributed by atoms with Crippen molar-refractivity contribution in [3.8, 4) is 0 Å². The first-order valence-corrected chi connectivity index (χ1v) is 11.5. The molecule has 0 N–H and O–H groups in total. The summed E-state index contributed by atoms with van der Waals surface area (Å²) in [5.74, 6) is 0.791. The Kier molecular flexibility index (Phi) is 6.94. The van der Waals surface area contributed by atoms with Crippen LogP contribution in [0, 0.1) is 52.3 Å². The van der Waals surface area contributed by atoms with Gasteiger partial charge >= 0.3 is 0 Å². The van der Waals surface area contributed by atoms with Crippen molar-refractivity contribution in [1.82, 2.24) is 0 Å². The highest BCUT2D eigenvalue weighted by Crippen LogP contribution is 2.40. The van der Waals surface area contributed by atoms with E-state index in [1.165, 1.54) is 24.3 Å². The zero-order valence-corrected chi connectivity index (χ0v) is 19.2. The number of non-ortho nitro benzene ring substituents is 2. The van der Waals surface area contributed by atoms with Gasteiger partial charge in [-0.1, -0.05) is 0 Å². The molecule has 36 heavy (non-hydrogen) atoms. The third-order valence-corrected chi connectivity index (χ3v) is 7.16. The number of rotatable bonds is 7.